The van der Waals surface area contributed by atoms with E-state index >= 15 is 0 Å². The van der Waals surface area contributed by atoms with Crippen molar-refractivity contribution in [2.45, 2.75) is 48.8 Å². The first kappa shape index (κ1) is 17.4. The van der Waals surface area contributed by atoms with Gasteiger partial charge in [0.05, 0.1) is 10.5 Å². The van der Waals surface area contributed by atoms with Crippen LogP contribution in [0, 0.1) is 11.7 Å². The minimum atomic E-state index is -4.98. The van der Waals surface area contributed by atoms with Crippen LogP contribution in [0.5, 0.6) is 0 Å². The van der Waals surface area contributed by atoms with Crippen LogP contribution in [0.3, 0.4) is 0 Å². The summed E-state index contributed by atoms with van der Waals surface area (Å²) < 4.78 is 77.4. The molecule has 3 nitrogen and oxygen atoms in total. The van der Waals surface area contributed by atoms with Gasteiger partial charge in [0, 0.05) is 11.5 Å². The van der Waals surface area contributed by atoms with E-state index in [2.05, 4.69) is 0 Å². The average Bonchev–Trinajstić information content (AvgIpc) is 2.43. The molecule has 0 N–H and O–H groups in total. The molecule has 0 aromatic heterocycles. The zero-order valence-electron chi connectivity index (χ0n) is 12.6. The second kappa shape index (κ2) is 5.82. The van der Waals surface area contributed by atoms with Crippen LogP contribution in [-0.2, 0) is 16.0 Å². The Labute approximate surface area is 137 Å². The highest BCUT2D eigenvalue weighted by Crippen LogP contribution is 2.42. The van der Waals surface area contributed by atoms with Crippen LogP contribution in [-0.4, -0.2) is 24.7 Å². The smallest absolute Gasteiger partial charge is 0.294 e. The highest BCUT2D eigenvalue weighted by Gasteiger charge is 2.47. The van der Waals surface area contributed by atoms with Crippen molar-refractivity contribution in [3.8, 4) is 0 Å². The quantitative estimate of drug-likeness (QED) is 0.593. The van der Waals surface area contributed by atoms with Gasteiger partial charge in [-0.05, 0) is 31.7 Å². The Kier molecular flexibility index (Phi) is 4.22. The lowest BCUT2D eigenvalue weighted by Gasteiger charge is -2.38. The van der Waals surface area contributed by atoms with Gasteiger partial charge in [-0.2, -0.15) is 13.2 Å². The maximum atomic E-state index is 13.7. The molecular formula is C16H16F4O3S. The van der Waals surface area contributed by atoms with Crippen molar-refractivity contribution in [1.82, 2.24) is 0 Å². The number of rotatable bonds is 2. The molecule has 1 aromatic carbocycles. The first-order valence-corrected chi connectivity index (χ1v) is 9.36. The molecule has 2 bridgehead atoms. The Bertz CT molecular complexity index is 750. The molecule has 2 saturated heterocycles. The summed E-state index contributed by atoms with van der Waals surface area (Å²) in [5.74, 6) is -3.11. The molecule has 8 heteroatoms. The predicted molar refractivity (Wildman–Crippen MR) is 78.8 cm³/mol. The number of Topliss-reactive ketones (excluding diaryl/α,β-unsaturated/α-hetero) is 1. The Morgan fingerprint density at radius 1 is 1.08 bits per heavy atom. The van der Waals surface area contributed by atoms with E-state index in [1.165, 1.54) is 0 Å². The standard InChI is InChI=1S/C16H16F4O3S/c17-13-6-2-5-12(14(13)16(18,19)20)15(21)9-7-10-3-1-4-11(8-9)24(10,22)23/h2,5-6,9-11H,1,3-4,7-8H2. The predicted octanol–water partition coefficient (Wildman–Crippen LogP) is 3.77. The number of benzene rings is 1. The van der Waals surface area contributed by atoms with Gasteiger partial charge in [0.1, 0.15) is 11.4 Å². The van der Waals surface area contributed by atoms with Crippen molar-refractivity contribution < 1.29 is 30.8 Å². The number of hydrogen-bond acceptors (Lipinski definition) is 3. The van der Waals surface area contributed by atoms with E-state index in [1.807, 2.05) is 0 Å². The summed E-state index contributed by atoms with van der Waals surface area (Å²) in [6, 6.07) is 2.70. The van der Waals surface area contributed by atoms with Crippen LogP contribution < -0.4 is 0 Å². The largest absolute Gasteiger partial charge is 0.419 e. The highest BCUT2D eigenvalue weighted by molar-refractivity contribution is 7.92. The topological polar surface area (TPSA) is 51.2 Å². The summed E-state index contributed by atoms with van der Waals surface area (Å²) in [6.45, 7) is 0. The van der Waals surface area contributed by atoms with Crippen LogP contribution in [0.1, 0.15) is 48.0 Å². The summed E-state index contributed by atoms with van der Waals surface area (Å²) in [5.41, 5.74) is -2.27. The summed E-state index contributed by atoms with van der Waals surface area (Å²) in [4.78, 5) is 12.6. The Hall–Kier alpha value is -1.44. The number of hydrogen-bond donors (Lipinski definition) is 0. The molecule has 1 aromatic rings. The summed E-state index contributed by atoms with van der Waals surface area (Å²) in [5, 5.41) is -1.36. The van der Waals surface area contributed by atoms with Crippen molar-refractivity contribution in [3.63, 3.8) is 0 Å². The van der Waals surface area contributed by atoms with Gasteiger partial charge in [-0.25, -0.2) is 12.8 Å². The maximum absolute atomic E-state index is 13.7. The molecule has 132 valence electrons. The molecule has 2 unspecified atom stereocenters. The molecule has 2 heterocycles. The summed E-state index contributed by atoms with van der Waals surface area (Å²) >= 11 is 0. The van der Waals surface area contributed by atoms with Crippen molar-refractivity contribution in [1.29, 1.82) is 0 Å². The van der Waals surface area contributed by atoms with Crippen molar-refractivity contribution in [2.24, 2.45) is 5.92 Å². The van der Waals surface area contributed by atoms with E-state index in [4.69, 9.17) is 0 Å². The number of carbonyl (C=O) groups excluding carboxylic acids is 1. The lowest BCUT2D eigenvalue weighted by Crippen LogP contribution is -2.45. The number of ketones is 1. The summed E-state index contributed by atoms with van der Waals surface area (Å²) in [7, 11) is -3.31. The van der Waals surface area contributed by atoms with Crippen LogP contribution in [0.25, 0.3) is 0 Å². The molecule has 2 aliphatic heterocycles. The van der Waals surface area contributed by atoms with E-state index in [1.54, 1.807) is 0 Å². The molecule has 2 fully saturated rings. The maximum Gasteiger partial charge on any atom is 0.419 e. The monoisotopic (exact) mass is 364 g/mol. The molecule has 2 aliphatic rings. The summed E-state index contributed by atoms with van der Waals surface area (Å²) in [6.07, 6.45) is -3.34. The molecule has 0 saturated carbocycles. The molecular weight excluding hydrogens is 348 g/mol. The Balaban J connectivity index is 1.96. The van der Waals surface area contributed by atoms with Crippen LogP contribution in [0.4, 0.5) is 17.6 Å². The minimum Gasteiger partial charge on any atom is -0.294 e. The number of carbonyl (C=O) groups is 1. The van der Waals surface area contributed by atoms with Crippen molar-refractivity contribution in [3.05, 3.63) is 35.1 Å². The fourth-order valence-electron chi connectivity index (χ4n) is 3.86. The first-order valence-electron chi connectivity index (χ1n) is 7.75. The third-order valence-corrected chi connectivity index (χ3v) is 7.72. The van der Waals surface area contributed by atoms with Gasteiger partial charge >= 0.3 is 6.18 Å². The molecule has 24 heavy (non-hydrogen) atoms. The van der Waals surface area contributed by atoms with Crippen LogP contribution in [0.15, 0.2) is 18.2 Å². The fraction of sp³-hybridized carbons (Fsp3) is 0.562. The van der Waals surface area contributed by atoms with Gasteiger partial charge in [0.15, 0.2) is 15.6 Å². The van der Waals surface area contributed by atoms with Gasteiger partial charge in [-0.15, -0.1) is 0 Å². The molecule has 0 amide bonds. The molecule has 2 atom stereocenters. The second-order valence-corrected chi connectivity index (χ2v) is 8.97. The van der Waals surface area contributed by atoms with Crippen LogP contribution >= 0.6 is 0 Å². The SMILES string of the molecule is O=C(c1cccc(F)c1C(F)(F)F)C1CC2CCCC(C1)S2(=O)=O. The lowest BCUT2D eigenvalue weighted by molar-refractivity contribution is -0.140. The second-order valence-electron chi connectivity index (χ2n) is 6.46. The molecule has 3 rings (SSSR count). The highest BCUT2D eigenvalue weighted by atomic mass is 32.2. The van der Waals surface area contributed by atoms with Crippen LogP contribution in [0.2, 0.25) is 0 Å². The van der Waals surface area contributed by atoms with E-state index in [-0.39, 0.29) is 12.8 Å². The van der Waals surface area contributed by atoms with Gasteiger partial charge in [-0.3, -0.25) is 4.79 Å². The molecule has 0 radical (unpaired) electrons. The zero-order chi connectivity index (χ0) is 17.7. The van der Waals surface area contributed by atoms with E-state index in [0.717, 1.165) is 18.6 Å². The van der Waals surface area contributed by atoms with Crippen molar-refractivity contribution >= 4 is 15.6 Å². The van der Waals surface area contributed by atoms with Gasteiger partial charge in [0.2, 0.25) is 0 Å². The third kappa shape index (κ3) is 2.85. The van der Waals surface area contributed by atoms with E-state index < -0.39 is 55.2 Å². The number of sulfone groups is 1. The van der Waals surface area contributed by atoms with E-state index in [0.29, 0.717) is 18.9 Å². The lowest BCUT2D eigenvalue weighted by atomic mass is 9.83. The first-order chi connectivity index (χ1) is 11.1. The van der Waals surface area contributed by atoms with E-state index in [9.17, 15) is 30.8 Å². The molecule has 0 aliphatic carbocycles. The zero-order valence-corrected chi connectivity index (χ0v) is 13.5. The van der Waals surface area contributed by atoms with Gasteiger partial charge < -0.3 is 0 Å². The Morgan fingerprint density at radius 3 is 2.21 bits per heavy atom. The number of halogens is 4. The van der Waals surface area contributed by atoms with Crippen molar-refractivity contribution in [2.75, 3.05) is 0 Å². The van der Waals surface area contributed by atoms with Gasteiger partial charge in [0.25, 0.3) is 0 Å². The molecule has 0 spiro atoms. The Morgan fingerprint density at radius 2 is 1.67 bits per heavy atom. The fourth-order valence-corrected chi connectivity index (χ4v) is 6.40. The number of fused-ring (bicyclic) bond motifs is 2. The van der Waals surface area contributed by atoms with Gasteiger partial charge in [-0.1, -0.05) is 18.6 Å². The number of alkyl halides is 3. The third-order valence-electron chi connectivity index (χ3n) is 5.01. The average molecular weight is 364 g/mol. The minimum absolute atomic E-state index is 0.0193. The normalized spacial score (nSPS) is 29.2.